The van der Waals surface area contributed by atoms with E-state index in [1.807, 2.05) is 22.7 Å². The quantitative estimate of drug-likeness (QED) is 0.144. The highest BCUT2D eigenvalue weighted by Crippen LogP contribution is 2.67. The van der Waals surface area contributed by atoms with Crippen LogP contribution < -0.4 is 0 Å². The summed E-state index contributed by atoms with van der Waals surface area (Å²) in [7, 11) is -0.993. The summed E-state index contributed by atoms with van der Waals surface area (Å²) in [5, 5.41) is 5.34. The molecule has 0 N–H and O–H groups in total. The maximum atomic E-state index is 2.64. The topological polar surface area (TPSA) is 0 Å². The standard InChI is InChI=1S/C72H62S3/c1-70(2,3)59-36-15-12-25-48(59)51-29-21-39-62-65(51)58-42-41-45(43-64(58)75(62)63-40-22-31-53(67(63)71(4,5)6)57-35-20-33-55-50-27-14-17-38-61(50)74-69(55)57)44-72(7,8)66-47(46-23-10-9-11-24-46)28-18-30-52(66)56-34-19-32-54-49-26-13-16-37-60(49)73-68(54)56/h9-43,75H,44H2,1-8H3. The van der Waals surface area contributed by atoms with E-state index in [1.165, 1.54) is 133 Å². The number of benzene rings is 10. The Bertz CT molecular complexity index is 4200. The van der Waals surface area contributed by atoms with Crippen molar-refractivity contribution < 1.29 is 0 Å². The fraction of sp³-hybridized carbons (Fsp3) is 0.167. The highest BCUT2D eigenvalue weighted by Gasteiger charge is 2.37. The van der Waals surface area contributed by atoms with Crippen molar-refractivity contribution in [3.63, 3.8) is 0 Å². The molecule has 1 aliphatic rings. The minimum absolute atomic E-state index is 0.0281. The molecule has 2 aromatic heterocycles. The van der Waals surface area contributed by atoms with Crippen LogP contribution in [0.4, 0.5) is 0 Å². The SMILES string of the molecule is CC(C)(C)c1ccccc1-c1cccc2c1-c1ccc(CC(C)(C)c3c(-c4ccccc4)cccc3-c3cccc4c3sc3ccccc34)cc1[SH]2c1cccc(-c2cccc3c2sc2ccccc23)c1C(C)(C)C. The van der Waals surface area contributed by atoms with Crippen molar-refractivity contribution in [2.75, 3.05) is 0 Å². The molecule has 1 unspecified atom stereocenters. The average Bonchev–Trinajstić information content (AvgIpc) is 4.14. The number of rotatable bonds is 8. The summed E-state index contributed by atoms with van der Waals surface area (Å²) in [4.78, 5) is 4.37. The maximum Gasteiger partial charge on any atom is 0.0433 e. The molecule has 0 spiro atoms. The third kappa shape index (κ3) is 8.01. The number of fused-ring (bicyclic) bond motifs is 9. The van der Waals surface area contributed by atoms with Gasteiger partial charge in [-0.05, 0) is 130 Å². The van der Waals surface area contributed by atoms with Crippen molar-refractivity contribution in [2.45, 2.75) is 92.7 Å². The second kappa shape index (κ2) is 18.1. The van der Waals surface area contributed by atoms with E-state index >= 15 is 0 Å². The normalized spacial score (nSPS) is 14.3. The lowest BCUT2D eigenvalue weighted by molar-refractivity contribution is 0.525. The van der Waals surface area contributed by atoms with Crippen LogP contribution in [0.2, 0.25) is 0 Å². The molecule has 75 heavy (non-hydrogen) atoms. The summed E-state index contributed by atoms with van der Waals surface area (Å²) in [6.45, 7) is 19.3. The lowest BCUT2D eigenvalue weighted by Gasteiger charge is -2.33. The van der Waals surface area contributed by atoms with Crippen LogP contribution in [0.1, 0.15) is 77.6 Å². The van der Waals surface area contributed by atoms with Crippen LogP contribution in [0.25, 0.3) is 96.0 Å². The molecule has 13 rings (SSSR count). The lowest BCUT2D eigenvalue weighted by atomic mass is 9.72. The number of thiol groups is 1. The van der Waals surface area contributed by atoms with Crippen molar-refractivity contribution >= 4 is 73.9 Å². The minimum Gasteiger partial charge on any atom is -0.171 e. The van der Waals surface area contributed by atoms with Gasteiger partial charge in [-0.2, -0.15) is 10.9 Å². The van der Waals surface area contributed by atoms with Gasteiger partial charge in [0.25, 0.3) is 0 Å². The van der Waals surface area contributed by atoms with Crippen LogP contribution in [-0.4, -0.2) is 0 Å². The predicted octanol–water partition coefficient (Wildman–Crippen LogP) is 21.7. The van der Waals surface area contributed by atoms with Gasteiger partial charge >= 0.3 is 0 Å². The Hall–Kier alpha value is -7.01. The minimum atomic E-state index is -0.993. The fourth-order valence-corrected chi connectivity index (χ4v) is 18.3. The molecule has 0 fully saturated rings. The van der Waals surface area contributed by atoms with Crippen LogP contribution in [0.5, 0.6) is 0 Å². The summed E-state index contributed by atoms with van der Waals surface area (Å²) in [5.41, 5.74) is 18.4. The van der Waals surface area contributed by atoms with E-state index in [4.69, 9.17) is 0 Å². The van der Waals surface area contributed by atoms with Gasteiger partial charge in [0.2, 0.25) is 0 Å². The van der Waals surface area contributed by atoms with E-state index in [0.29, 0.717) is 0 Å². The highest BCUT2D eigenvalue weighted by atomic mass is 32.2. The summed E-state index contributed by atoms with van der Waals surface area (Å²) in [5.74, 6) is 0. The van der Waals surface area contributed by atoms with E-state index in [1.54, 1.807) is 0 Å². The molecule has 0 amide bonds. The number of hydrogen-bond acceptors (Lipinski definition) is 2. The Morgan fingerprint density at radius 1 is 0.347 bits per heavy atom. The maximum absolute atomic E-state index is 2.64. The van der Waals surface area contributed by atoms with Gasteiger partial charge in [-0.1, -0.05) is 237 Å². The molecule has 0 aliphatic carbocycles. The van der Waals surface area contributed by atoms with Gasteiger partial charge < -0.3 is 0 Å². The summed E-state index contributed by atoms with van der Waals surface area (Å²) in [6, 6.07) is 81.0. The Morgan fingerprint density at radius 2 is 0.840 bits per heavy atom. The van der Waals surface area contributed by atoms with E-state index in [0.717, 1.165) is 6.42 Å². The summed E-state index contributed by atoms with van der Waals surface area (Å²) >= 11 is 3.85. The smallest absolute Gasteiger partial charge is 0.0433 e. The molecule has 3 heteroatoms. The molecule has 1 aliphatic heterocycles. The monoisotopic (exact) mass is 1020 g/mol. The van der Waals surface area contributed by atoms with Crippen molar-refractivity contribution in [1.82, 2.24) is 0 Å². The molecular formula is C72H62S3. The molecule has 3 heterocycles. The van der Waals surface area contributed by atoms with E-state index in [2.05, 4.69) is 268 Å². The average molecular weight is 1020 g/mol. The third-order valence-electron chi connectivity index (χ3n) is 15.8. The molecule has 368 valence electrons. The number of thiophene rings is 2. The van der Waals surface area contributed by atoms with Gasteiger partial charge in [-0.3, -0.25) is 0 Å². The Morgan fingerprint density at radius 3 is 1.48 bits per heavy atom. The van der Waals surface area contributed by atoms with Crippen molar-refractivity contribution in [2.24, 2.45) is 0 Å². The van der Waals surface area contributed by atoms with Gasteiger partial charge in [-0.25, -0.2) is 0 Å². The van der Waals surface area contributed by atoms with Gasteiger partial charge in [0.15, 0.2) is 0 Å². The second-order valence-corrected chi connectivity index (χ2v) is 27.6. The summed E-state index contributed by atoms with van der Waals surface area (Å²) < 4.78 is 5.39. The molecule has 0 saturated heterocycles. The first-order valence-electron chi connectivity index (χ1n) is 26.5. The first-order chi connectivity index (χ1) is 36.2. The molecular weight excluding hydrogens is 961 g/mol. The predicted molar refractivity (Wildman–Crippen MR) is 330 cm³/mol. The molecule has 0 nitrogen and oxygen atoms in total. The second-order valence-electron chi connectivity index (χ2n) is 23.3. The van der Waals surface area contributed by atoms with E-state index in [9.17, 15) is 0 Å². The van der Waals surface area contributed by atoms with Gasteiger partial charge in [0.05, 0.1) is 0 Å². The van der Waals surface area contributed by atoms with Crippen molar-refractivity contribution in [1.29, 1.82) is 0 Å². The lowest BCUT2D eigenvalue weighted by Crippen LogP contribution is -2.23. The van der Waals surface area contributed by atoms with Crippen LogP contribution in [0.15, 0.2) is 227 Å². The zero-order valence-corrected chi connectivity index (χ0v) is 46.7. The van der Waals surface area contributed by atoms with E-state index in [-0.39, 0.29) is 16.2 Å². The van der Waals surface area contributed by atoms with E-state index < -0.39 is 10.9 Å². The van der Waals surface area contributed by atoms with Gasteiger partial charge in [-0.15, -0.1) is 22.7 Å². The Labute approximate surface area is 453 Å². The largest absolute Gasteiger partial charge is 0.171 e. The number of hydrogen-bond donors (Lipinski definition) is 1. The van der Waals surface area contributed by atoms with Crippen molar-refractivity contribution in [3.05, 3.63) is 235 Å². The molecule has 0 bridgehead atoms. The third-order valence-corrected chi connectivity index (χ3v) is 20.8. The molecule has 10 aromatic carbocycles. The highest BCUT2D eigenvalue weighted by molar-refractivity contribution is 8.17. The molecule has 1 atom stereocenters. The fourth-order valence-electron chi connectivity index (χ4n) is 12.7. The first-order valence-corrected chi connectivity index (χ1v) is 29.5. The van der Waals surface area contributed by atoms with Crippen LogP contribution >= 0.6 is 33.6 Å². The zero-order chi connectivity index (χ0) is 51.4. The molecule has 12 aromatic rings. The zero-order valence-electron chi connectivity index (χ0n) is 44.2. The van der Waals surface area contributed by atoms with Crippen molar-refractivity contribution in [3.8, 4) is 55.6 Å². The van der Waals surface area contributed by atoms with Crippen LogP contribution in [-0.2, 0) is 22.7 Å². The molecule has 0 radical (unpaired) electrons. The summed E-state index contributed by atoms with van der Waals surface area (Å²) in [6.07, 6.45) is 0.874. The van der Waals surface area contributed by atoms with Gasteiger partial charge in [0.1, 0.15) is 0 Å². The van der Waals surface area contributed by atoms with Crippen LogP contribution in [0.3, 0.4) is 0 Å². The van der Waals surface area contributed by atoms with Gasteiger partial charge in [0, 0.05) is 55.7 Å². The first kappa shape index (κ1) is 47.7. The molecule has 0 saturated carbocycles. The Kier molecular flexibility index (Phi) is 11.5. The van der Waals surface area contributed by atoms with Crippen LogP contribution in [0, 0.1) is 0 Å². The Balaban J connectivity index is 1.03.